The third kappa shape index (κ3) is 2.59. The Labute approximate surface area is 123 Å². The molecule has 3 rings (SSSR count). The van der Waals surface area contributed by atoms with E-state index in [0.717, 1.165) is 29.3 Å². The van der Waals surface area contributed by atoms with Crippen LogP contribution in [0.5, 0.6) is 5.75 Å². The van der Waals surface area contributed by atoms with Crippen LogP contribution in [0, 0.1) is 0 Å². The fraction of sp³-hybridized carbons (Fsp3) is 0.312. The van der Waals surface area contributed by atoms with Gasteiger partial charge in [-0.05, 0) is 36.5 Å². The normalized spacial score (nSPS) is 21.1. The molecular weight excluding hydrogens is 272 g/mol. The number of nitrogens with zero attached hydrogens (tertiary/aromatic N) is 1. The molecular formula is C16H17ClN2O. The third-order valence-electron chi connectivity index (χ3n) is 3.84. The number of rotatable bonds is 4. The second-order valence-electron chi connectivity index (χ2n) is 5.11. The SMILES string of the molecule is COc1ccccc1C1CC(Nc2cnccc2Cl)C1. The molecule has 1 N–H and O–H groups in total. The highest BCUT2D eigenvalue weighted by molar-refractivity contribution is 6.33. The fourth-order valence-corrected chi connectivity index (χ4v) is 2.86. The van der Waals surface area contributed by atoms with E-state index < -0.39 is 0 Å². The number of halogens is 1. The van der Waals surface area contributed by atoms with Crippen molar-refractivity contribution in [3.05, 3.63) is 53.3 Å². The second kappa shape index (κ2) is 5.71. The van der Waals surface area contributed by atoms with Crippen LogP contribution in [0.4, 0.5) is 5.69 Å². The standard InChI is InChI=1S/C16H17ClN2O/c1-20-16-5-3-2-4-13(16)11-8-12(9-11)19-15-10-18-7-6-14(15)17/h2-7,10-12,19H,8-9H2,1H3. The van der Waals surface area contributed by atoms with Crippen molar-refractivity contribution in [2.45, 2.75) is 24.8 Å². The number of para-hydroxylation sites is 1. The van der Waals surface area contributed by atoms with Crippen molar-refractivity contribution in [3.8, 4) is 5.75 Å². The molecule has 0 amide bonds. The number of methoxy groups -OCH3 is 1. The van der Waals surface area contributed by atoms with Gasteiger partial charge >= 0.3 is 0 Å². The monoisotopic (exact) mass is 288 g/mol. The van der Waals surface area contributed by atoms with E-state index in [2.05, 4.69) is 22.4 Å². The van der Waals surface area contributed by atoms with Gasteiger partial charge in [0.1, 0.15) is 5.75 Å². The first-order valence-corrected chi connectivity index (χ1v) is 7.14. The van der Waals surface area contributed by atoms with Gasteiger partial charge in [0.05, 0.1) is 24.0 Å². The first-order chi connectivity index (χ1) is 9.78. The number of pyridine rings is 1. The summed E-state index contributed by atoms with van der Waals surface area (Å²) >= 11 is 6.13. The molecule has 0 saturated heterocycles. The highest BCUT2D eigenvalue weighted by Gasteiger charge is 2.32. The van der Waals surface area contributed by atoms with Gasteiger partial charge in [-0.3, -0.25) is 4.98 Å². The molecule has 104 valence electrons. The molecule has 3 nitrogen and oxygen atoms in total. The maximum Gasteiger partial charge on any atom is 0.122 e. The average Bonchev–Trinajstić information content (AvgIpc) is 2.44. The zero-order valence-electron chi connectivity index (χ0n) is 11.3. The number of anilines is 1. The maximum absolute atomic E-state index is 6.13. The van der Waals surface area contributed by atoms with Crippen molar-refractivity contribution >= 4 is 17.3 Å². The zero-order valence-corrected chi connectivity index (χ0v) is 12.1. The lowest BCUT2D eigenvalue weighted by atomic mass is 9.75. The van der Waals surface area contributed by atoms with Crippen LogP contribution in [0.3, 0.4) is 0 Å². The van der Waals surface area contributed by atoms with Crippen LogP contribution in [0.25, 0.3) is 0 Å². The first-order valence-electron chi connectivity index (χ1n) is 6.77. The molecule has 1 aliphatic rings. The molecule has 1 aromatic heterocycles. The minimum atomic E-state index is 0.451. The van der Waals surface area contributed by atoms with E-state index >= 15 is 0 Å². The van der Waals surface area contributed by atoms with Gasteiger partial charge in [-0.1, -0.05) is 29.8 Å². The summed E-state index contributed by atoms with van der Waals surface area (Å²) < 4.78 is 5.42. The van der Waals surface area contributed by atoms with Crippen molar-refractivity contribution in [2.75, 3.05) is 12.4 Å². The Morgan fingerprint density at radius 3 is 2.80 bits per heavy atom. The van der Waals surface area contributed by atoms with Gasteiger partial charge < -0.3 is 10.1 Å². The zero-order chi connectivity index (χ0) is 13.9. The Hall–Kier alpha value is -1.74. The highest BCUT2D eigenvalue weighted by Crippen LogP contribution is 2.42. The molecule has 1 fully saturated rings. The molecule has 1 saturated carbocycles. The van der Waals surface area contributed by atoms with E-state index in [9.17, 15) is 0 Å². The number of benzene rings is 1. The minimum absolute atomic E-state index is 0.451. The van der Waals surface area contributed by atoms with Gasteiger partial charge in [0, 0.05) is 12.2 Å². The number of nitrogens with one attached hydrogen (secondary N) is 1. The van der Waals surface area contributed by atoms with Crippen LogP contribution < -0.4 is 10.1 Å². The van der Waals surface area contributed by atoms with Gasteiger partial charge in [-0.15, -0.1) is 0 Å². The van der Waals surface area contributed by atoms with Gasteiger partial charge in [-0.25, -0.2) is 0 Å². The van der Waals surface area contributed by atoms with Crippen LogP contribution in [0.1, 0.15) is 24.3 Å². The Kier molecular flexibility index (Phi) is 3.79. The molecule has 4 heteroatoms. The van der Waals surface area contributed by atoms with Crippen LogP contribution >= 0.6 is 11.6 Å². The first kappa shape index (κ1) is 13.3. The average molecular weight is 289 g/mol. The topological polar surface area (TPSA) is 34.1 Å². The summed E-state index contributed by atoms with van der Waals surface area (Å²) in [6.07, 6.45) is 5.65. The summed E-state index contributed by atoms with van der Waals surface area (Å²) in [5.41, 5.74) is 2.21. The molecule has 1 heterocycles. The Bertz CT molecular complexity index is 597. The van der Waals surface area contributed by atoms with Crippen LogP contribution in [-0.2, 0) is 0 Å². The Morgan fingerprint density at radius 1 is 1.25 bits per heavy atom. The van der Waals surface area contributed by atoms with E-state index in [1.807, 2.05) is 12.1 Å². The summed E-state index contributed by atoms with van der Waals surface area (Å²) in [6, 6.07) is 10.5. The van der Waals surface area contributed by atoms with Gasteiger partial charge in [0.25, 0.3) is 0 Å². The van der Waals surface area contributed by atoms with E-state index in [1.165, 1.54) is 5.56 Å². The summed E-state index contributed by atoms with van der Waals surface area (Å²) in [5.74, 6) is 1.54. The molecule has 0 radical (unpaired) electrons. The lowest BCUT2D eigenvalue weighted by Gasteiger charge is -2.37. The van der Waals surface area contributed by atoms with Crippen molar-refractivity contribution in [3.63, 3.8) is 0 Å². The lowest BCUT2D eigenvalue weighted by molar-refractivity contribution is 0.349. The fourth-order valence-electron chi connectivity index (χ4n) is 2.70. The van der Waals surface area contributed by atoms with E-state index in [4.69, 9.17) is 16.3 Å². The molecule has 0 bridgehead atoms. The van der Waals surface area contributed by atoms with Crippen molar-refractivity contribution in [2.24, 2.45) is 0 Å². The number of hydrogen-bond acceptors (Lipinski definition) is 3. The predicted octanol–water partition coefficient (Wildman–Crippen LogP) is 4.10. The minimum Gasteiger partial charge on any atom is -0.496 e. The van der Waals surface area contributed by atoms with Crippen LogP contribution in [0.15, 0.2) is 42.7 Å². The number of aromatic nitrogens is 1. The molecule has 0 unspecified atom stereocenters. The van der Waals surface area contributed by atoms with Gasteiger partial charge in [-0.2, -0.15) is 0 Å². The van der Waals surface area contributed by atoms with Gasteiger partial charge in [0.15, 0.2) is 0 Å². The molecule has 0 atom stereocenters. The molecule has 0 aliphatic heterocycles. The predicted molar refractivity (Wildman–Crippen MR) is 81.6 cm³/mol. The number of ether oxygens (including phenoxy) is 1. The molecule has 20 heavy (non-hydrogen) atoms. The lowest BCUT2D eigenvalue weighted by Crippen LogP contribution is -2.34. The van der Waals surface area contributed by atoms with Crippen molar-refractivity contribution < 1.29 is 4.74 Å². The van der Waals surface area contributed by atoms with E-state index in [1.54, 1.807) is 25.6 Å². The van der Waals surface area contributed by atoms with Gasteiger partial charge in [0.2, 0.25) is 0 Å². The largest absolute Gasteiger partial charge is 0.496 e. The summed E-state index contributed by atoms with van der Waals surface area (Å²) in [4.78, 5) is 4.09. The molecule has 0 spiro atoms. The summed E-state index contributed by atoms with van der Waals surface area (Å²) in [6.45, 7) is 0. The quantitative estimate of drug-likeness (QED) is 0.919. The van der Waals surface area contributed by atoms with Crippen molar-refractivity contribution in [1.82, 2.24) is 4.98 Å². The van der Waals surface area contributed by atoms with E-state index in [0.29, 0.717) is 12.0 Å². The van der Waals surface area contributed by atoms with E-state index in [-0.39, 0.29) is 0 Å². The van der Waals surface area contributed by atoms with Crippen LogP contribution in [0.2, 0.25) is 5.02 Å². The molecule has 1 aromatic carbocycles. The van der Waals surface area contributed by atoms with Crippen molar-refractivity contribution in [1.29, 1.82) is 0 Å². The molecule has 2 aromatic rings. The Balaban J connectivity index is 1.63. The Morgan fingerprint density at radius 2 is 2.05 bits per heavy atom. The van der Waals surface area contributed by atoms with Crippen LogP contribution in [-0.4, -0.2) is 18.1 Å². The highest BCUT2D eigenvalue weighted by atomic mass is 35.5. The summed E-state index contributed by atoms with van der Waals surface area (Å²) in [5, 5.41) is 4.17. The number of hydrogen-bond donors (Lipinski definition) is 1. The second-order valence-corrected chi connectivity index (χ2v) is 5.51. The summed E-state index contributed by atoms with van der Waals surface area (Å²) in [7, 11) is 1.72. The molecule has 1 aliphatic carbocycles. The smallest absolute Gasteiger partial charge is 0.122 e. The third-order valence-corrected chi connectivity index (χ3v) is 4.17. The maximum atomic E-state index is 6.13.